The van der Waals surface area contributed by atoms with Gasteiger partial charge < -0.3 is 14.5 Å². The zero-order valence-electron chi connectivity index (χ0n) is 14.2. The average Bonchev–Trinajstić information content (AvgIpc) is 2.53. The summed E-state index contributed by atoms with van der Waals surface area (Å²) in [5, 5.41) is 7.71. The third kappa shape index (κ3) is 3.50. The Morgan fingerprint density at radius 1 is 1.21 bits per heavy atom. The molecule has 0 radical (unpaired) electrons. The molecule has 1 aromatic heterocycles. The number of carbonyl (C=O) groups is 1. The number of H-pyrrole nitrogens is 1. The third-order valence-electron chi connectivity index (χ3n) is 3.95. The number of anilines is 1. The number of hydrogen-bond donors (Lipinski definition) is 1. The second-order valence-electron chi connectivity index (χ2n) is 6.93. The second-order valence-corrected chi connectivity index (χ2v) is 6.93. The van der Waals surface area contributed by atoms with E-state index in [-0.39, 0.29) is 11.7 Å². The molecule has 0 atom stereocenters. The maximum atomic E-state index is 12.1. The van der Waals surface area contributed by atoms with E-state index in [2.05, 4.69) is 15.1 Å². The van der Waals surface area contributed by atoms with Crippen LogP contribution >= 0.6 is 0 Å². The van der Waals surface area contributed by atoms with E-state index >= 15 is 0 Å². The molecule has 1 aromatic carbocycles. The Hall–Kier alpha value is -2.57. The van der Waals surface area contributed by atoms with Crippen molar-refractivity contribution in [2.45, 2.75) is 26.4 Å². The van der Waals surface area contributed by atoms with Crippen LogP contribution in [0, 0.1) is 0 Å². The minimum Gasteiger partial charge on any atom is -0.444 e. The largest absolute Gasteiger partial charge is 0.444 e. The molecule has 7 nitrogen and oxygen atoms in total. The van der Waals surface area contributed by atoms with E-state index in [0.717, 1.165) is 24.2 Å². The fraction of sp³-hybridized carbons (Fsp3) is 0.471. The maximum absolute atomic E-state index is 12.1. The number of aromatic amines is 1. The Kier molecular flexibility index (Phi) is 4.17. The van der Waals surface area contributed by atoms with Crippen molar-refractivity contribution < 1.29 is 9.53 Å². The van der Waals surface area contributed by atoms with Gasteiger partial charge in [0, 0.05) is 37.3 Å². The molecule has 1 saturated heterocycles. The molecule has 0 bridgehead atoms. The smallest absolute Gasteiger partial charge is 0.410 e. The van der Waals surface area contributed by atoms with Crippen molar-refractivity contribution in [3.05, 3.63) is 34.7 Å². The number of carbonyl (C=O) groups excluding carboxylic acids is 1. The van der Waals surface area contributed by atoms with Gasteiger partial charge in [-0.15, -0.1) is 0 Å². The highest BCUT2D eigenvalue weighted by Crippen LogP contribution is 2.21. The van der Waals surface area contributed by atoms with E-state index in [1.165, 1.54) is 0 Å². The standard InChI is InChI=1S/C17H22N4O3/c1-17(2,3)24-16(23)21-8-6-20(7-9-21)13-4-5-14-12(10-13)11-18-19-15(14)22/h4-5,10-11H,6-9H2,1-3H3,(H,19,22). The highest BCUT2D eigenvalue weighted by Gasteiger charge is 2.26. The van der Waals surface area contributed by atoms with Gasteiger partial charge in [-0.25, -0.2) is 9.89 Å². The molecule has 1 aliphatic heterocycles. The molecule has 1 N–H and O–H groups in total. The van der Waals surface area contributed by atoms with E-state index in [4.69, 9.17) is 4.74 Å². The molecule has 0 saturated carbocycles. The number of fused-ring (bicyclic) bond motifs is 1. The van der Waals surface area contributed by atoms with Crippen LogP contribution in [0.25, 0.3) is 10.8 Å². The summed E-state index contributed by atoms with van der Waals surface area (Å²) in [5.41, 5.74) is 0.361. The quantitative estimate of drug-likeness (QED) is 0.865. The summed E-state index contributed by atoms with van der Waals surface area (Å²) in [5.74, 6) is 0. The fourth-order valence-electron chi connectivity index (χ4n) is 2.75. The summed E-state index contributed by atoms with van der Waals surface area (Å²) in [6.45, 7) is 8.27. The molecule has 0 aliphatic carbocycles. The highest BCUT2D eigenvalue weighted by atomic mass is 16.6. The number of piperazine rings is 1. The van der Waals surface area contributed by atoms with Crippen LogP contribution in [0.15, 0.2) is 29.2 Å². The van der Waals surface area contributed by atoms with E-state index in [1.54, 1.807) is 11.1 Å². The minimum atomic E-state index is -0.480. The molecule has 3 rings (SSSR count). The first-order valence-electron chi connectivity index (χ1n) is 8.04. The van der Waals surface area contributed by atoms with Gasteiger partial charge >= 0.3 is 6.09 Å². The number of aromatic nitrogens is 2. The zero-order valence-corrected chi connectivity index (χ0v) is 14.2. The molecule has 1 amide bonds. The highest BCUT2D eigenvalue weighted by molar-refractivity contribution is 5.84. The van der Waals surface area contributed by atoms with Crippen molar-refractivity contribution in [1.82, 2.24) is 15.1 Å². The summed E-state index contributed by atoms with van der Waals surface area (Å²) < 4.78 is 5.41. The van der Waals surface area contributed by atoms with Crippen LogP contribution in [0.4, 0.5) is 10.5 Å². The Balaban J connectivity index is 1.69. The summed E-state index contributed by atoms with van der Waals surface area (Å²) in [6, 6.07) is 5.70. The van der Waals surface area contributed by atoms with Crippen molar-refractivity contribution in [3.8, 4) is 0 Å². The maximum Gasteiger partial charge on any atom is 0.410 e. The molecular weight excluding hydrogens is 308 g/mol. The van der Waals surface area contributed by atoms with Crippen LogP contribution in [0.1, 0.15) is 20.8 Å². The van der Waals surface area contributed by atoms with Crippen molar-refractivity contribution in [1.29, 1.82) is 0 Å². The SMILES string of the molecule is CC(C)(C)OC(=O)N1CCN(c2ccc3c(=O)[nH]ncc3c2)CC1. The van der Waals surface area contributed by atoms with E-state index in [1.807, 2.05) is 39.0 Å². The Labute approximate surface area is 140 Å². The van der Waals surface area contributed by atoms with Crippen molar-refractivity contribution in [2.24, 2.45) is 0 Å². The predicted molar refractivity (Wildman–Crippen MR) is 92.4 cm³/mol. The first-order chi connectivity index (χ1) is 11.3. The van der Waals surface area contributed by atoms with Gasteiger partial charge in [0.25, 0.3) is 5.56 Å². The molecule has 128 valence electrons. The molecule has 1 fully saturated rings. The molecule has 2 heterocycles. The molecular formula is C17H22N4O3. The van der Waals surface area contributed by atoms with Gasteiger partial charge in [0.1, 0.15) is 5.60 Å². The number of amides is 1. The van der Waals surface area contributed by atoms with Crippen LogP contribution in [-0.2, 0) is 4.74 Å². The lowest BCUT2D eigenvalue weighted by Crippen LogP contribution is -2.50. The van der Waals surface area contributed by atoms with Crippen molar-refractivity contribution >= 4 is 22.6 Å². The summed E-state index contributed by atoms with van der Waals surface area (Å²) >= 11 is 0. The van der Waals surface area contributed by atoms with Gasteiger partial charge in [-0.1, -0.05) is 0 Å². The number of rotatable bonds is 1. The number of nitrogens with zero attached hydrogens (tertiary/aromatic N) is 3. The number of nitrogens with one attached hydrogen (secondary N) is 1. The zero-order chi connectivity index (χ0) is 17.3. The van der Waals surface area contributed by atoms with Crippen LogP contribution in [0.2, 0.25) is 0 Å². The molecule has 24 heavy (non-hydrogen) atoms. The third-order valence-corrected chi connectivity index (χ3v) is 3.95. The van der Waals surface area contributed by atoms with Crippen LogP contribution < -0.4 is 10.5 Å². The van der Waals surface area contributed by atoms with Crippen LogP contribution in [0.5, 0.6) is 0 Å². The van der Waals surface area contributed by atoms with Gasteiger partial charge in [-0.3, -0.25) is 4.79 Å². The Morgan fingerprint density at radius 2 is 1.92 bits per heavy atom. The van der Waals surface area contributed by atoms with Crippen LogP contribution in [-0.4, -0.2) is 53.0 Å². The van der Waals surface area contributed by atoms with Gasteiger partial charge in [-0.2, -0.15) is 5.10 Å². The second kappa shape index (κ2) is 6.14. The van der Waals surface area contributed by atoms with Crippen LogP contribution in [0.3, 0.4) is 0 Å². The van der Waals surface area contributed by atoms with E-state index < -0.39 is 5.60 Å². The number of benzene rings is 1. The Morgan fingerprint density at radius 3 is 2.58 bits per heavy atom. The van der Waals surface area contributed by atoms with Crippen molar-refractivity contribution in [2.75, 3.05) is 31.1 Å². The first-order valence-corrected chi connectivity index (χ1v) is 8.04. The topological polar surface area (TPSA) is 78.5 Å². The first kappa shape index (κ1) is 16.3. The van der Waals surface area contributed by atoms with Gasteiger partial charge in [0.05, 0.1) is 11.6 Å². The Bertz CT molecular complexity index is 801. The van der Waals surface area contributed by atoms with Crippen molar-refractivity contribution in [3.63, 3.8) is 0 Å². The van der Waals surface area contributed by atoms with Gasteiger partial charge in [0.15, 0.2) is 0 Å². The summed E-state index contributed by atoms with van der Waals surface area (Å²) in [6.07, 6.45) is 1.38. The van der Waals surface area contributed by atoms with E-state index in [0.29, 0.717) is 18.5 Å². The lowest BCUT2D eigenvalue weighted by molar-refractivity contribution is 0.0240. The van der Waals surface area contributed by atoms with Gasteiger partial charge in [0.2, 0.25) is 0 Å². The molecule has 1 aliphatic rings. The molecule has 0 unspecified atom stereocenters. The monoisotopic (exact) mass is 330 g/mol. The normalized spacial score (nSPS) is 15.6. The molecule has 2 aromatic rings. The minimum absolute atomic E-state index is 0.186. The fourth-order valence-corrected chi connectivity index (χ4v) is 2.75. The predicted octanol–water partition coefficient (Wildman–Crippen LogP) is 1.98. The summed E-state index contributed by atoms with van der Waals surface area (Å²) in [7, 11) is 0. The lowest BCUT2D eigenvalue weighted by atomic mass is 10.1. The van der Waals surface area contributed by atoms with Gasteiger partial charge in [-0.05, 0) is 39.0 Å². The van der Waals surface area contributed by atoms with E-state index in [9.17, 15) is 9.59 Å². The molecule has 7 heteroatoms. The number of ether oxygens (including phenoxy) is 1. The number of hydrogen-bond acceptors (Lipinski definition) is 5. The average molecular weight is 330 g/mol. The lowest BCUT2D eigenvalue weighted by Gasteiger charge is -2.36. The summed E-state index contributed by atoms with van der Waals surface area (Å²) in [4.78, 5) is 27.7. The molecule has 0 spiro atoms.